The van der Waals surface area contributed by atoms with Crippen LogP contribution in [0.5, 0.6) is 0 Å². The van der Waals surface area contributed by atoms with Crippen LogP contribution < -0.4 is 5.32 Å². The molecule has 0 bridgehead atoms. The van der Waals surface area contributed by atoms with E-state index in [-0.39, 0.29) is 6.61 Å². The summed E-state index contributed by atoms with van der Waals surface area (Å²) in [6.45, 7) is 2.23. The average molecular weight is 161 g/mol. The molecule has 0 spiro atoms. The zero-order valence-corrected chi connectivity index (χ0v) is 6.55. The van der Waals surface area contributed by atoms with E-state index in [1.54, 1.807) is 0 Å². The molecule has 1 saturated heterocycles. The summed E-state index contributed by atoms with van der Waals surface area (Å²) in [4.78, 5) is 0. The van der Waals surface area contributed by atoms with Crippen molar-refractivity contribution in [2.75, 3.05) is 32.9 Å². The van der Waals surface area contributed by atoms with E-state index in [9.17, 15) is 5.11 Å². The third-order valence-corrected chi connectivity index (χ3v) is 1.83. The number of ether oxygens (including phenoxy) is 1. The van der Waals surface area contributed by atoms with E-state index in [1.807, 2.05) is 0 Å². The second-order valence-corrected chi connectivity index (χ2v) is 2.93. The van der Waals surface area contributed by atoms with Crippen LogP contribution >= 0.6 is 0 Å². The van der Waals surface area contributed by atoms with Gasteiger partial charge >= 0.3 is 0 Å². The second kappa shape index (κ2) is 4.01. The maximum Gasteiger partial charge on any atom is 0.102 e. The molecule has 11 heavy (non-hydrogen) atoms. The van der Waals surface area contributed by atoms with Crippen LogP contribution in [0.3, 0.4) is 0 Å². The Hall–Kier alpha value is -0.160. The Kier molecular flexibility index (Phi) is 3.26. The standard InChI is InChI=1S/C7H15NO3/c9-3-1-7(10)5-8-2-4-11-6-7/h8-10H,1-6H2. The maximum absolute atomic E-state index is 9.70. The molecule has 1 aliphatic rings. The number of aliphatic hydroxyl groups excluding tert-OH is 1. The predicted molar refractivity (Wildman–Crippen MR) is 40.3 cm³/mol. The summed E-state index contributed by atoms with van der Waals surface area (Å²) in [6, 6.07) is 0. The van der Waals surface area contributed by atoms with Crippen molar-refractivity contribution in [1.29, 1.82) is 0 Å². The van der Waals surface area contributed by atoms with Crippen molar-refractivity contribution in [2.24, 2.45) is 0 Å². The Labute approximate surface area is 66.2 Å². The lowest BCUT2D eigenvalue weighted by molar-refractivity contribution is -0.0417. The molecule has 0 aromatic carbocycles. The molecule has 1 aliphatic heterocycles. The van der Waals surface area contributed by atoms with Gasteiger partial charge in [-0.15, -0.1) is 0 Å². The minimum Gasteiger partial charge on any atom is -0.396 e. The Balaban J connectivity index is 2.38. The maximum atomic E-state index is 9.70. The third kappa shape index (κ3) is 2.75. The van der Waals surface area contributed by atoms with Gasteiger partial charge in [0.15, 0.2) is 0 Å². The van der Waals surface area contributed by atoms with Crippen LogP contribution in [0, 0.1) is 0 Å². The van der Waals surface area contributed by atoms with Gasteiger partial charge in [0.1, 0.15) is 5.60 Å². The number of aliphatic hydroxyl groups is 2. The molecule has 1 unspecified atom stereocenters. The minimum absolute atomic E-state index is 0.00153. The number of hydrogen-bond donors (Lipinski definition) is 3. The van der Waals surface area contributed by atoms with Gasteiger partial charge in [-0.1, -0.05) is 0 Å². The lowest BCUT2D eigenvalue weighted by atomic mass is 10.0. The van der Waals surface area contributed by atoms with E-state index in [0.717, 1.165) is 6.54 Å². The fourth-order valence-electron chi connectivity index (χ4n) is 1.15. The summed E-state index contributed by atoms with van der Waals surface area (Å²) >= 11 is 0. The Morgan fingerprint density at radius 2 is 2.36 bits per heavy atom. The smallest absolute Gasteiger partial charge is 0.102 e. The van der Waals surface area contributed by atoms with Crippen molar-refractivity contribution in [2.45, 2.75) is 12.0 Å². The first-order valence-corrected chi connectivity index (χ1v) is 3.88. The zero-order chi connectivity index (χ0) is 8.16. The number of rotatable bonds is 2. The molecule has 66 valence electrons. The zero-order valence-electron chi connectivity index (χ0n) is 6.55. The number of hydrogen-bond acceptors (Lipinski definition) is 4. The summed E-state index contributed by atoms with van der Waals surface area (Å²) in [5, 5.41) is 21.4. The van der Waals surface area contributed by atoms with Crippen molar-refractivity contribution >= 4 is 0 Å². The van der Waals surface area contributed by atoms with Gasteiger partial charge in [-0.05, 0) is 0 Å². The molecule has 1 heterocycles. The van der Waals surface area contributed by atoms with E-state index < -0.39 is 5.60 Å². The molecule has 0 radical (unpaired) electrons. The van der Waals surface area contributed by atoms with Gasteiger partial charge in [0.05, 0.1) is 13.2 Å². The highest BCUT2D eigenvalue weighted by Crippen LogP contribution is 2.10. The Morgan fingerprint density at radius 3 is 3.09 bits per heavy atom. The van der Waals surface area contributed by atoms with Crippen molar-refractivity contribution < 1.29 is 14.9 Å². The molecular formula is C7H15NO3. The van der Waals surface area contributed by atoms with E-state index in [2.05, 4.69) is 5.32 Å². The number of β-amino-alcohol motifs (C(OH)–C–C–N with tert-alkyl or cyclic N) is 1. The topological polar surface area (TPSA) is 61.7 Å². The molecule has 1 rings (SSSR count). The fraction of sp³-hybridized carbons (Fsp3) is 1.00. The molecule has 4 nitrogen and oxygen atoms in total. The third-order valence-electron chi connectivity index (χ3n) is 1.83. The van der Waals surface area contributed by atoms with Crippen LogP contribution in [-0.2, 0) is 4.74 Å². The molecule has 0 aromatic heterocycles. The predicted octanol–water partition coefficient (Wildman–Crippen LogP) is -1.28. The lowest BCUT2D eigenvalue weighted by Gasteiger charge is -2.24. The summed E-state index contributed by atoms with van der Waals surface area (Å²) in [5.74, 6) is 0. The van der Waals surface area contributed by atoms with Crippen LogP contribution in [0.1, 0.15) is 6.42 Å². The Morgan fingerprint density at radius 1 is 1.55 bits per heavy atom. The van der Waals surface area contributed by atoms with Crippen LogP contribution in [0.4, 0.5) is 0 Å². The van der Waals surface area contributed by atoms with E-state index in [0.29, 0.717) is 26.2 Å². The highest BCUT2D eigenvalue weighted by Gasteiger charge is 2.27. The summed E-state index contributed by atoms with van der Waals surface area (Å²) in [6.07, 6.45) is 0.375. The fourth-order valence-corrected chi connectivity index (χ4v) is 1.15. The molecular weight excluding hydrogens is 146 g/mol. The van der Waals surface area contributed by atoms with Crippen molar-refractivity contribution in [3.05, 3.63) is 0 Å². The average Bonchev–Trinajstić information content (AvgIpc) is 2.15. The van der Waals surface area contributed by atoms with Gasteiger partial charge in [0.2, 0.25) is 0 Å². The molecule has 0 amide bonds. The van der Waals surface area contributed by atoms with E-state index in [4.69, 9.17) is 9.84 Å². The van der Waals surface area contributed by atoms with E-state index in [1.165, 1.54) is 0 Å². The first kappa shape index (κ1) is 8.93. The second-order valence-electron chi connectivity index (χ2n) is 2.93. The van der Waals surface area contributed by atoms with Gasteiger partial charge in [0.25, 0.3) is 0 Å². The first-order valence-electron chi connectivity index (χ1n) is 3.88. The van der Waals surface area contributed by atoms with Crippen molar-refractivity contribution in [3.63, 3.8) is 0 Å². The molecule has 0 aliphatic carbocycles. The first-order chi connectivity index (χ1) is 5.27. The quantitative estimate of drug-likeness (QED) is 0.472. The number of nitrogens with one attached hydrogen (secondary N) is 1. The Bertz CT molecular complexity index is 110. The molecule has 3 N–H and O–H groups in total. The monoisotopic (exact) mass is 161 g/mol. The summed E-state index contributed by atoms with van der Waals surface area (Å²) in [5.41, 5.74) is -0.870. The molecule has 4 heteroatoms. The summed E-state index contributed by atoms with van der Waals surface area (Å²) < 4.78 is 5.14. The molecule has 1 fully saturated rings. The normalized spacial score (nSPS) is 33.3. The molecule has 0 saturated carbocycles. The summed E-state index contributed by atoms with van der Waals surface area (Å²) in [7, 11) is 0. The van der Waals surface area contributed by atoms with Crippen LogP contribution in [0.25, 0.3) is 0 Å². The van der Waals surface area contributed by atoms with Gasteiger partial charge in [-0.3, -0.25) is 0 Å². The van der Waals surface area contributed by atoms with Gasteiger partial charge < -0.3 is 20.3 Å². The SMILES string of the molecule is OCCC1(O)CNCCOC1. The van der Waals surface area contributed by atoms with Crippen LogP contribution in [0.2, 0.25) is 0 Å². The van der Waals surface area contributed by atoms with Crippen molar-refractivity contribution in [3.8, 4) is 0 Å². The molecule has 1 atom stereocenters. The van der Waals surface area contributed by atoms with Gasteiger partial charge in [-0.2, -0.15) is 0 Å². The highest BCUT2D eigenvalue weighted by molar-refractivity contribution is 4.82. The van der Waals surface area contributed by atoms with Crippen LogP contribution in [-0.4, -0.2) is 48.7 Å². The van der Waals surface area contributed by atoms with Gasteiger partial charge in [-0.25, -0.2) is 0 Å². The largest absolute Gasteiger partial charge is 0.396 e. The van der Waals surface area contributed by atoms with Crippen LogP contribution in [0.15, 0.2) is 0 Å². The lowest BCUT2D eigenvalue weighted by Crippen LogP contribution is -2.43. The molecule has 0 aromatic rings. The van der Waals surface area contributed by atoms with Crippen molar-refractivity contribution in [1.82, 2.24) is 5.32 Å². The minimum atomic E-state index is -0.870. The van der Waals surface area contributed by atoms with E-state index >= 15 is 0 Å². The van der Waals surface area contributed by atoms with Gasteiger partial charge in [0, 0.05) is 26.1 Å². The highest BCUT2D eigenvalue weighted by atomic mass is 16.5.